The Balaban J connectivity index is 2.82. The Kier molecular flexibility index (Phi) is 1.96. The van der Waals surface area contributed by atoms with E-state index in [0.29, 0.717) is 16.9 Å². The van der Waals surface area contributed by atoms with E-state index in [4.69, 9.17) is 9.26 Å². The molecule has 14 heavy (non-hydrogen) atoms. The van der Waals surface area contributed by atoms with Gasteiger partial charge < -0.3 is 9.26 Å². The van der Waals surface area contributed by atoms with Crippen LogP contribution in [0.15, 0.2) is 16.7 Å². The lowest BCUT2D eigenvalue weighted by Gasteiger charge is -2.00. The summed E-state index contributed by atoms with van der Waals surface area (Å²) in [5.74, 6) is 0.630. The van der Waals surface area contributed by atoms with Crippen molar-refractivity contribution < 1.29 is 14.1 Å². The van der Waals surface area contributed by atoms with Crippen LogP contribution in [-0.2, 0) is 0 Å². The summed E-state index contributed by atoms with van der Waals surface area (Å²) in [6, 6.07) is 3.42. The number of carbonyl (C=O) groups is 1. The first kappa shape index (κ1) is 8.74. The zero-order valence-electron chi connectivity index (χ0n) is 7.90. The van der Waals surface area contributed by atoms with E-state index in [0.717, 1.165) is 17.4 Å². The van der Waals surface area contributed by atoms with Gasteiger partial charge in [-0.05, 0) is 19.1 Å². The molecule has 1 heterocycles. The maximum atomic E-state index is 10.8. The summed E-state index contributed by atoms with van der Waals surface area (Å²) in [5.41, 5.74) is 1.72. The predicted molar refractivity (Wildman–Crippen MR) is 50.7 cm³/mol. The first-order valence-electron chi connectivity index (χ1n) is 4.15. The molecule has 0 saturated heterocycles. The fourth-order valence-electron chi connectivity index (χ4n) is 1.36. The fourth-order valence-corrected chi connectivity index (χ4v) is 1.36. The summed E-state index contributed by atoms with van der Waals surface area (Å²) < 4.78 is 10.1. The first-order chi connectivity index (χ1) is 6.76. The molecule has 0 fully saturated rings. The number of hydrogen-bond acceptors (Lipinski definition) is 4. The lowest BCUT2D eigenvalue weighted by atomic mass is 10.1. The number of hydrogen-bond donors (Lipinski definition) is 0. The number of aromatic nitrogens is 1. The molecule has 0 spiro atoms. The van der Waals surface area contributed by atoms with Gasteiger partial charge in [-0.2, -0.15) is 0 Å². The molecule has 1 aromatic carbocycles. The number of rotatable bonds is 2. The molecule has 2 rings (SSSR count). The Bertz CT molecular complexity index is 487. The van der Waals surface area contributed by atoms with Crippen molar-refractivity contribution in [3.8, 4) is 5.75 Å². The molecule has 0 N–H and O–H groups in total. The third kappa shape index (κ3) is 1.16. The molecule has 0 aliphatic rings. The van der Waals surface area contributed by atoms with Crippen molar-refractivity contribution in [1.82, 2.24) is 5.16 Å². The summed E-state index contributed by atoms with van der Waals surface area (Å²) in [4.78, 5) is 10.8. The summed E-state index contributed by atoms with van der Waals surface area (Å²) in [6.45, 7) is 1.82. The number of aldehydes is 1. The van der Waals surface area contributed by atoms with E-state index < -0.39 is 0 Å². The largest absolute Gasteiger partial charge is 0.497 e. The van der Waals surface area contributed by atoms with Crippen LogP contribution in [0.4, 0.5) is 0 Å². The molecule has 2 aromatic rings. The minimum absolute atomic E-state index is 0.458. The Labute approximate surface area is 80.4 Å². The third-order valence-corrected chi connectivity index (χ3v) is 2.12. The highest BCUT2D eigenvalue weighted by atomic mass is 16.5. The van der Waals surface area contributed by atoms with Gasteiger partial charge in [0.2, 0.25) is 0 Å². The molecule has 0 bridgehead atoms. The number of ether oxygens (including phenoxy) is 1. The Hall–Kier alpha value is -1.84. The van der Waals surface area contributed by atoms with Crippen LogP contribution in [0, 0.1) is 6.92 Å². The van der Waals surface area contributed by atoms with Crippen molar-refractivity contribution in [2.45, 2.75) is 6.92 Å². The van der Waals surface area contributed by atoms with E-state index in [9.17, 15) is 4.79 Å². The quantitative estimate of drug-likeness (QED) is 0.681. The molecule has 0 saturated carbocycles. The van der Waals surface area contributed by atoms with Crippen LogP contribution >= 0.6 is 0 Å². The van der Waals surface area contributed by atoms with Crippen molar-refractivity contribution in [2.24, 2.45) is 0 Å². The van der Waals surface area contributed by atoms with E-state index in [1.54, 1.807) is 19.2 Å². The van der Waals surface area contributed by atoms with Crippen molar-refractivity contribution in [3.63, 3.8) is 0 Å². The summed E-state index contributed by atoms with van der Waals surface area (Å²) in [5, 5.41) is 4.60. The zero-order valence-corrected chi connectivity index (χ0v) is 7.90. The highest BCUT2D eigenvalue weighted by Gasteiger charge is 2.10. The predicted octanol–water partition coefficient (Wildman–Crippen LogP) is 1.96. The molecule has 0 aliphatic carbocycles. The van der Waals surface area contributed by atoms with Gasteiger partial charge in [0.25, 0.3) is 0 Å². The molecule has 1 aromatic heterocycles. The SMILES string of the molecule is COc1cc(C=O)c2onc(C)c2c1. The van der Waals surface area contributed by atoms with Crippen LogP contribution in [0.5, 0.6) is 5.75 Å². The third-order valence-electron chi connectivity index (χ3n) is 2.12. The van der Waals surface area contributed by atoms with Crippen LogP contribution in [-0.4, -0.2) is 18.6 Å². The molecule has 0 aliphatic heterocycles. The molecule has 0 radical (unpaired) electrons. The Morgan fingerprint density at radius 1 is 1.50 bits per heavy atom. The molecular formula is C10H9NO3. The molecule has 0 atom stereocenters. The summed E-state index contributed by atoms with van der Waals surface area (Å²) in [6.07, 6.45) is 0.732. The van der Waals surface area contributed by atoms with Crippen LogP contribution in [0.1, 0.15) is 16.1 Å². The van der Waals surface area contributed by atoms with Crippen LogP contribution in [0.25, 0.3) is 11.0 Å². The van der Waals surface area contributed by atoms with Crippen LogP contribution in [0.2, 0.25) is 0 Å². The number of aryl methyl sites for hydroxylation is 1. The van der Waals surface area contributed by atoms with Gasteiger partial charge in [-0.1, -0.05) is 5.16 Å². The average molecular weight is 191 g/mol. The molecular weight excluding hydrogens is 182 g/mol. The second-order valence-electron chi connectivity index (χ2n) is 2.98. The Morgan fingerprint density at radius 2 is 2.29 bits per heavy atom. The standard InChI is InChI=1S/C10H9NO3/c1-6-9-4-8(13-2)3-7(5-12)10(9)14-11-6/h3-5H,1-2H3. The van der Waals surface area contributed by atoms with Crippen molar-refractivity contribution in [3.05, 3.63) is 23.4 Å². The van der Waals surface area contributed by atoms with E-state index >= 15 is 0 Å². The zero-order chi connectivity index (χ0) is 10.1. The minimum Gasteiger partial charge on any atom is -0.497 e. The fraction of sp³-hybridized carbons (Fsp3) is 0.200. The molecule has 4 nitrogen and oxygen atoms in total. The lowest BCUT2D eigenvalue weighted by molar-refractivity contribution is 0.112. The van der Waals surface area contributed by atoms with Crippen molar-refractivity contribution in [1.29, 1.82) is 0 Å². The van der Waals surface area contributed by atoms with Gasteiger partial charge in [0.05, 0.1) is 18.4 Å². The first-order valence-corrected chi connectivity index (χ1v) is 4.15. The molecule has 4 heteroatoms. The van der Waals surface area contributed by atoms with Crippen LogP contribution < -0.4 is 4.74 Å². The number of carbonyl (C=O) groups excluding carboxylic acids is 1. The molecule has 72 valence electrons. The second kappa shape index (κ2) is 3.14. The number of nitrogens with zero attached hydrogens (tertiary/aromatic N) is 1. The smallest absolute Gasteiger partial charge is 0.177 e. The van der Waals surface area contributed by atoms with Crippen LogP contribution in [0.3, 0.4) is 0 Å². The highest BCUT2D eigenvalue weighted by molar-refractivity contribution is 5.96. The monoisotopic (exact) mass is 191 g/mol. The average Bonchev–Trinajstić information content (AvgIpc) is 2.59. The van der Waals surface area contributed by atoms with E-state index in [-0.39, 0.29) is 0 Å². The molecule has 0 unspecified atom stereocenters. The second-order valence-corrected chi connectivity index (χ2v) is 2.98. The summed E-state index contributed by atoms with van der Waals surface area (Å²) >= 11 is 0. The number of methoxy groups -OCH3 is 1. The van der Waals surface area contributed by atoms with E-state index in [1.807, 2.05) is 6.92 Å². The van der Waals surface area contributed by atoms with Gasteiger partial charge in [-0.3, -0.25) is 4.79 Å². The van der Waals surface area contributed by atoms with Gasteiger partial charge in [0.1, 0.15) is 5.75 Å². The topological polar surface area (TPSA) is 52.3 Å². The highest BCUT2D eigenvalue weighted by Crippen LogP contribution is 2.26. The summed E-state index contributed by atoms with van der Waals surface area (Å²) in [7, 11) is 1.55. The number of fused-ring (bicyclic) bond motifs is 1. The van der Waals surface area contributed by atoms with Gasteiger partial charge in [0.15, 0.2) is 11.9 Å². The minimum atomic E-state index is 0.458. The van der Waals surface area contributed by atoms with Crippen molar-refractivity contribution in [2.75, 3.05) is 7.11 Å². The maximum absolute atomic E-state index is 10.8. The van der Waals surface area contributed by atoms with Gasteiger partial charge in [-0.15, -0.1) is 0 Å². The maximum Gasteiger partial charge on any atom is 0.177 e. The van der Waals surface area contributed by atoms with Gasteiger partial charge in [-0.25, -0.2) is 0 Å². The van der Waals surface area contributed by atoms with Gasteiger partial charge >= 0.3 is 0 Å². The number of benzene rings is 1. The van der Waals surface area contributed by atoms with E-state index in [2.05, 4.69) is 5.16 Å². The van der Waals surface area contributed by atoms with Crippen molar-refractivity contribution >= 4 is 17.3 Å². The normalized spacial score (nSPS) is 10.4. The van der Waals surface area contributed by atoms with E-state index in [1.165, 1.54) is 0 Å². The molecule has 0 amide bonds. The van der Waals surface area contributed by atoms with Gasteiger partial charge in [0, 0.05) is 5.39 Å². The Morgan fingerprint density at radius 3 is 2.93 bits per heavy atom. The lowest BCUT2D eigenvalue weighted by Crippen LogP contribution is -1.87.